The Morgan fingerprint density at radius 1 is 1.22 bits per heavy atom. The first-order valence-corrected chi connectivity index (χ1v) is 8.47. The normalized spacial score (nSPS) is 18.4. The van der Waals surface area contributed by atoms with E-state index in [1.807, 2.05) is 20.8 Å². The lowest BCUT2D eigenvalue weighted by molar-refractivity contribution is 0.0371. The van der Waals surface area contributed by atoms with Gasteiger partial charge < -0.3 is 10.1 Å². The first-order chi connectivity index (χ1) is 10.8. The number of amides is 1. The van der Waals surface area contributed by atoms with Crippen LogP contribution in [0.4, 0.5) is 4.79 Å². The highest BCUT2D eigenvalue weighted by molar-refractivity contribution is 5.68. The first kappa shape index (κ1) is 17.8. The van der Waals surface area contributed by atoms with Gasteiger partial charge in [0.1, 0.15) is 0 Å². The first-order valence-electron chi connectivity index (χ1n) is 8.47. The molecular weight excluding hydrogens is 288 g/mol. The van der Waals surface area contributed by atoms with Gasteiger partial charge in [0.2, 0.25) is 0 Å². The Morgan fingerprint density at radius 3 is 2.39 bits per heavy atom. The average Bonchev–Trinajstić information content (AvgIpc) is 2.48. The number of rotatable bonds is 4. The molecule has 0 spiro atoms. The van der Waals surface area contributed by atoms with Crippen LogP contribution < -0.4 is 5.32 Å². The van der Waals surface area contributed by atoms with Gasteiger partial charge in [0.05, 0.1) is 6.61 Å². The van der Waals surface area contributed by atoms with Gasteiger partial charge in [-0.3, -0.25) is 4.90 Å². The maximum atomic E-state index is 11.8. The highest BCUT2D eigenvalue weighted by atomic mass is 16.5. The quantitative estimate of drug-likeness (QED) is 0.918. The number of benzene rings is 1. The molecule has 1 aliphatic rings. The van der Waals surface area contributed by atoms with Crippen molar-refractivity contribution in [3.8, 4) is 0 Å². The van der Waals surface area contributed by atoms with Crippen LogP contribution in [0.5, 0.6) is 0 Å². The van der Waals surface area contributed by atoms with Crippen LogP contribution in [0.2, 0.25) is 0 Å². The minimum atomic E-state index is -0.314. The standard InChI is InChI=1S/C19H30N2O2/c1-18(2,3)20-17(22)23-15-19(4)10-12-21(13-11-19)14-16-8-6-5-7-9-16/h5-9H,10-15H2,1-4H3,(H,20,22). The van der Waals surface area contributed by atoms with Crippen molar-refractivity contribution in [3.05, 3.63) is 35.9 Å². The third-order valence-corrected chi connectivity index (χ3v) is 4.34. The van der Waals surface area contributed by atoms with Crippen LogP contribution in [0.3, 0.4) is 0 Å². The fourth-order valence-electron chi connectivity index (χ4n) is 2.82. The highest BCUT2D eigenvalue weighted by Crippen LogP contribution is 2.31. The van der Waals surface area contributed by atoms with Crippen molar-refractivity contribution in [2.24, 2.45) is 5.41 Å². The van der Waals surface area contributed by atoms with Crippen molar-refractivity contribution in [1.29, 1.82) is 0 Å². The summed E-state index contributed by atoms with van der Waals surface area (Å²) in [5.41, 5.74) is 1.19. The van der Waals surface area contributed by atoms with E-state index in [2.05, 4.69) is 47.5 Å². The molecule has 1 aliphatic heterocycles. The van der Waals surface area contributed by atoms with Gasteiger partial charge >= 0.3 is 6.09 Å². The van der Waals surface area contributed by atoms with Gasteiger partial charge in [0.15, 0.2) is 0 Å². The zero-order valence-electron chi connectivity index (χ0n) is 14.9. The zero-order valence-corrected chi connectivity index (χ0v) is 14.9. The lowest BCUT2D eigenvalue weighted by Crippen LogP contribution is -2.44. The molecular formula is C19H30N2O2. The smallest absolute Gasteiger partial charge is 0.407 e. The minimum absolute atomic E-state index is 0.0857. The Kier molecular flexibility index (Phi) is 5.69. The maximum Gasteiger partial charge on any atom is 0.407 e. The summed E-state index contributed by atoms with van der Waals surface area (Å²) in [6.07, 6.45) is 1.80. The van der Waals surface area contributed by atoms with E-state index < -0.39 is 0 Å². The minimum Gasteiger partial charge on any atom is -0.449 e. The Labute approximate surface area is 140 Å². The number of hydrogen-bond donors (Lipinski definition) is 1. The predicted molar refractivity (Wildman–Crippen MR) is 93.3 cm³/mol. The molecule has 0 bridgehead atoms. The molecule has 128 valence electrons. The van der Waals surface area contributed by atoms with Crippen LogP contribution in [0.15, 0.2) is 30.3 Å². The van der Waals surface area contributed by atoms with Crippen LogP contribution in [0.25, 0.3) is 0 Å². The molecule has 1 saturated heterocycles. The van der Waals surface area contributed by atoms with Gasteiger partial charge in [-0.1, -0.05) is 37.3 Å². The molecule has 0 aliphatic carbocycles. The van der Waals surface area contributed by atoms with E-state index in [1.165, 1.54) is 5.56 Å². The summed E-state index contributed by atoms with van der Waals surface area (Å²) in [5.74, 6) is 0. The molecule has 0 aromatic heterocycles. The number of piperidine rings is 1. The van der Waals surface area contributed by atoms with E-state index >= 15 is 0 Å². The van der Waals surface area contributed by atoms with Crippen LogP contribution in [-0.4, -0.2) is 36.2 Å². The largest absolute Gasteiger partial charge is 0.449 e. The zero-order chi connectivity index (χ0) is 16.9. The predicted octanol–water partition coefficient (Wildman–Crippen LogP) is 3.81. The van der Waals surface area contributed by atoms with Crippen LogP contribution >= 0.6 is 0 Å². The average molecular weight is 318 g/mol. The highest BCUT2D eigenvalue weighted by Gasteiger charge is 2.31. The number of ether oxygens (including phenoxy) is 1. The number of hydrogen-bond acceptors (Lipinski definition) is 3. The molecule has 1 amide bonds. The van der Waals surface area contributed by atoms with E-state index in [0.29, 0.717) is 6.61 Å². The van der Waals surface area contributed by atoms with Gasteiger partial charge in [0.25, 0.3) is 0 Å². The second-order valence-corrected chi connectivity index (χ2v) is 8.02. The summed E-state index contributed by atoms with van der Waals surface area (Å²) in [4.78, 5) is 14.3. The number of likely N-dealkylation sites (tertiary alicyclic amines) is 1. The fraction of sp³-hybridized carbons (Fsp3) is 0.632. The molecule has 1 aromatic rings. The second-order valence-electron chi connectivity index (χ2n) is 8.02. The molecule has 0 unspecified atom stereocenters. The topological polar surface area (TPSA) is 41.6 Å². The number of carbonyl (C=O) groups excluding carboxylic acids is 1. The Hall–Kier alpha value is -1.55. The Morgan fingerprint density at radius 2 is 1.83 bits per heavy atom. The van der Waals surface area contributed by atoms with Gasteiger partial charge in [-0.15, -0.1) is 0 Å². The van der Waals surface area contributed by atoms with Crippen molar-refractivity contribution >= 4 is 6.09 Å². The van der Waals surface area contributed by atoms with E-state index in [9.17, 15) is 4.79 Å². The SMILES string of the molecule is CC1(COC(=O)NC(C)(C)C)CCN(Cc2ccccc2)CC1. The summed E-state index contributed by atoms with van der Waals surface area (Å²) in [5, 5.41) is 2.85. The third kappa shape index (κ3) is 6.22. The lowest BCUT2D eigenvalue weighted by Gasteiger charge is -2.39. The Balaban J connectivity index is 1.75. The molecule has 1 N–H and O–H groups in total. The van der Waals surface area contributed by atoms with Crippen molar-refractivity contribution in [1.82, 2.24) is 10.2 Å². The van der Waals surface area contributed by atoms with E-state index in [4.69, 9.17) is 4.74 Å². The van der Waals surface area contributed by atoms with Crippen LogP contribution in [0, 0.1) is 5.41 Å². The molecule has 0 saturated carbocycles. The molecule has 23 heavy (non-hydrogen) atoms. The Bertz CT molecular complexity index is 500. The van der Waals surface area contributed by atoms with Crippen molar-refractivity contribution < 1.29 is 9.53 Å². The van der Waals surface area contributed by atoms with Crippen LogP contribution in [-0.2, 0) is 11.3 Å². The van der Waals surface area contributed by atoms with Crippen molar-refractivity contribution in [2.75, 3.05) is 19.7 Å². The number of carbonyl (C=O) groups is 1. The van der Waals surface area contributed by atoms with E-state index in [-0.39, 0.29) is 17.0 Å². The van der Waals surface area contributed by atoms with Crippen molar-refractivity contribution in [2.45, 2.75) is 52.6 Å². The summed E-state index contributed by atoms with van der Waals surface area (Å²) >= 11 is 0. The van der Waals surface area contributed by atoms with E-state index in [0.717, 1.165) is 32.5 Å². The van der Waals surface area contributed by atoms with Gasteiger partial charge in [-0.2, -0.15) is 0 Å². The molecule has 0 atom stereocenters. The lowest BCUT2D eigenvalue weighted by atomic mass is 9.81. The van der Waals surface area contributed by atoms with Gasteiger partial charge in [-0.05, 0) is 52.3 Å². The molecule has 4 heteroatoms. The molecule has 1 aromatic carbocycles. The molecule has 1 heterocycles. The number of alkyl carbamates (subject to hydrolysis) is 1. The summed E-state index contributed by atoms with van der Waals surface area (Å²) in [6, 6.07) is 10.6. The van der Waals surface area contributed by atoms with Gasteiger partial charge in [0, 0.05) is 17.5 Å². The van der Waals surface area contributed by atoms with Gasteiger partial charge in [-0.25, -0.2) is 4.79 Å². The number of nitrogens with zero attached hydrogens (tertiary/aromatic N) is 1. The molecule has 2 rings (SSSR count). The molecule has 4 nitrogen and oxygen atoms in total. The fourth-order valence-corrected chi connectivity index (χ4v) is 2.82. The molecule has 1 fully saturated rings. The third-order valence-electron chi connectivity index (χ3n) is 4.34. The summed E-state index contributed by atoms with van der Waals surface area (Å²) in [6.45, 7) is 11.7. The van der Waals surface area contributed by atoms with Crippen LogP contribution in [0.1, 0.15) is 46.1 Å². The summed E-state index contributed by atoms with van der Waals surface area (Å²) in [7, 11) is 0. The van der Waals surface area contributed by atoms with Crippen molar-refractivity contribution in [3.63, 3.8) is 0 Å². The molecule has 0 radical (unpaired) electrons. The monoisotopic (exact) mass is 318 g/mol. The van der Waals surface area contributed by atoms with E-state index in [1.54, 1.807) is 0 Å². The second kappa shape index (κ2) is 7.35. The number of nitrogens with one attached hydrogen (secondary N) is 1. The maximum absolute atomic E-state index is 11.8. The summed E-state index contributed by atoms with van der Waals surface area (Å²) < 4.78 is 5.45.